The van der Waals surface area contributed by atoms with Crippen LogP contribution >= 0.6 is 0 Å². The van der Waals surface area contributed by atoms with Crippen LogP contribution in [0.2, 0.25) is 0 Å². The summed E-state index contributed by atoms with van der Waals surface area (Å²) in [6, 6.07) is 1.79. The normalized spacial score (nSPS) is 44.0. The maximum atomic E-state index is 13.9. The van der Waals surface area contributed by atoms with Gasteiger partial charge in [0.05, 0.1) is 25.2 Å². The van der Waals surface area contributed by atoms with Gasteiger partial charge >= 0.3 is 11.9 Å². The van der Waals surface area contributed by atoms with E-state index >= 15 is 0 Å². The zero-order valence-electron chi connectivity index (χ0n) is 19.1. The van der Waals surface area contributed by atoms with Crippen molar-refractivity contribution in [1.82, 2.24) is 0 Å². The summed E-state index contributed by atoms with van der Waals surface area (Å²) in [6.07, 6.45) is 2.84. The molecule has 4 fully saturated rings. The molecule has 33 heavy (non-hydrogen) atoms. The third-order valence-corrected chi connectivity index (χ3v) is 8.61. The van der Waals surface area contributed by atoms with E-state index < -0.39 is 52.8 Å². The second-order valence-corrected chi connectivity index (χ2v) is 10.0. The lowest BCUT2D eigenvalue weighted by atomic mass is 9.42. The van der Waals surface area contributed by atoms with Gasteiger partial charge in [-0.05, 0) is 31.2 Å². The number of aliphatic hydroxyl groups is 1. The molecular weight excluding hydrogens is 432 g/mol. The number of ketones is 1. The molecule has 0 bridgehead atoms. The Kier molecular flexibility index (Phi) is 5.23. The first-order valence-electron chi connectivity index (χ1n) is 11.5. The number of aliphatic hydroxyl groups excluding tert-OH is 1. The van der Waals surface area contributed by atoms with E-state index in [1.807, 2.05) is 6.92 Å². The molecule has 5 rings (SSSR count). The Labute approximate surface area is 191 Å². The number of carbonyl (C=O) groups is 3. The molecule has 0 aromatic carbocycles. The van der Waals surface area contributed by atoms with Crippen LogP contribution in [0, 0.1) is 22.7 Å². The quantitative estimate of drug-likeness (QED) is 0.530. The van der Waals surface area contributed by atoms with E-state index in [0.29, 0.717) is 25.9 Å². The summed E-state index contributed by atoms with van der Waals surface area (Å²) in [5.41, 5.74) is -2.14. The van der Waals surface area contributed by atoms with Crippen molar-refractivity contribution in [3.63, 3.8) is 0 Å². The van der Waals surface area contributed by atoms with E-state index in [2.05, 4.69) is 0 Å². The van der Waals surface area contributed by atoms with Crippen LogP contribution in [0.1, 0.15) is 58.1 Å². The molecule has 2 spiro atoms. The van der Waals surface area contributed by atoms with Gasteiger partial charge in [-0.15, -0.1) is 0 Å². The third kappa shape index (κ3) is 3.05. The lowest BCUT2D eigenvalue weighted by Gasteiger charge is -2.60. The predicted molar refractivity (Wildman–Crippen MR) is 110 cm³/mol. The van der Waals surface area contributed by atoms with Gasteiger partial charge in [0, 0.05) is 30.7 Å². The highest BCUT2D eigenvalue weighted by molar-refractivity contribution is 5.93. The fourth-order valence-corrected chi connectivity index (χ4v) is 7.00. The van der Waals surface area contributed by atoms with Crippen LogP contribution in [0.4, 0.5) is 0 Å². The highest BCUT2D eigenvalue weighted by atomic mass is 16.7. The number of hydrogen-bond acceptors (Lipinski definition) is 9. The largest absolute Gasteiger partial charge is 0.472 e. The lowest BCUT2D eigenvalue weighted by Crippen LogP contribution is -2.71. The van der Waals surface area contributed by atoms with Crippen molar-refractivity contribution in [2.75, 3.05) is 13.2 Å². The summed E-state index contributed by atoms with van der Waals surface area (Å²) in [6.45, 7) is 4.60. The molecule has 3 heterocycles. The fraction of sp³-hybridized carbons (Fsp3) is 0.708. The number of hydrogen-bond donors (Lipinski definition) is 1. The number of furan rings is 1. The monoisotopic (exact) mass is 462 g/mol. The molecule has 1 aromatic rings. The second kappa shape index (κ2) is 7.65. The predicted octanol–water partition coefficient (Wildman–Crippen LogP) is 2.31. The first kappa shape index (κ1) is 22.6. The maximum absolute atomic E-state index is 13.9. The summed E-state index contributed by atoms with van der Waals surface area (Å²) in [5.74, 6) is -2.32. The SMILES string of the molecule is CC(=O)OC[C@@]12C(=O)[C@@H](O)[C@@H](C)[C@]3(C[C@@H](c4ccoc4)O[C@@H]3OC(C)=O)[C@H]1CCC[C@]21CO1. The van der Waals surface area contributed by atoms with Gasteiger partial charge < -0.3 is 28.5 Å². The van der Waals surface area contributed by atoms with Crippen molar-refractivity contribution >= 4 is 17.7 Å². The minimum Gasteiger partial charge on any atom is -0.472 e. The molecule has 1 N–H and O–H groups in total. The van der Waals surface area contributed by atoms with Crippen LogP contribution in [0.15, 0.2) is 23.0 Å². The third-order valence-electron chi connectivity index (χ3n) is 8.61. The van der Waals surface area contributed by atoms with E-state index in [1.165, 1.54) is 13.8 Å². The van der Waals surface area contributed by atoms with Crippen LogP contribution in [0.5, 0.6) is 0 Å². The number of fused-ring (bicyclic) bond motifs is 3. The van der Waals surface area contributed by atoms with Crippen LogP contribution in [-0.2, 0) is 33.3 Å². The van der Waals surface area contributed by atoms with E-state index in [-0.39, 0.29) is 18.3 Å². The van der Waals surface area contributed by atoms with Gasteiger partial charge in [0.2, 0.25) is 6.29 Å². The topological polar surface area (TPSA) is 125 Å². The first-order valence-corrected chi connectivity index (χ1v) is 11.5. The number of esters is 2. The maximum Gasteiger partial charge on any atom is 0.304 e. The number of Topliss-reactive ketones (excluding diaryl/α,β-unsaturated/α-hetero) is 1. The smallest absolute Gasteiger partial charge is 0.304 e. The zero-order chi connectivity index (χ0) is 23.6. The number of epoxide rings is 1. The highest BCUT2D eigenvalue weighted by Crippen LogP contribution is 2.71. The molecule has 2 saturated heterocycles. The Hall–Kier alpha value is -2.23. The van der Waals surface area contributed by atoms with E-state index in [1.54, 1.807) is 18.6 Å². The van der Waals surface area contributed by atoms with Crippen molar-refractivity contribution < 1.29 is 42.9 Å². The molecular formula is C24H30O9. The van der Waals surface area contributed by atoms with E-state index in [0.717, 1.165) is 12.0 Å². The summed E-state index contributed by atoms with van der Waals surface area (Å²) < 4.78 is 28.7. The van der Waals surface area contributed by atoms with Crippen molar-refractivity contribution in [3.05, 3.63) is 24.2 Å². The Morgan fingerprint density at radius 2 is 2.03 bits per heavy atom. The van der Waals surface area contributed by atoms with Gasteiger partial charge in [0.25, 0.3) is 0 Å². The molecule has 0 radical (unpaired) electrons. The van der Waals surface area contributed by atoms with Crippen molar-refractivity contribution in [1.29, 1.82) is 0 Å². The molecule has 1 aromatic heterocycles. The second-order valence-electron chi connectivity index (χ2n) is 10.0. The van der Waals surface area contributed by atoms with Crippen molar-refractivity contribution in [2.24, 2.45) is 22.7 Å². The van der Waals surface area contributed by atoms with Gasteiger partial charge in [0.15, 0.2) is 5.78 Å². The van der Waals surface area contributed by atoms with Crippen LogP contribution in [0.25, 0.3) is 0 Å². The summed E-state index contributed by atoms with van der Waals surface area (Å²) in [7, 11) is 0. The van der Waals surface area contributed by atoms with E-state index in [9.17, 15) is 19.5 Å². The number of rotatable bonds is 4. The van der Waals surface area contributed by atoms with E-state index in [4.69, 9.17) is 23.4 Å². The molecule has 4 aliphatic rings. The van der Waals surface area contributed by atoms with Crippen molar-refractivity contribution in [2.45, 2.75) is 70.6 Å². The Balaban J connectivity index is 1.66. The highest BCUT2D eigenvalue weighted by Gasteiger charge is 2.79. The average Bonchev–Trinajstić information content (AvgIpc) is 3.19. The van der Waals surface area contributed by atoms with Crippen molar-refractivity contribution in [3.8, 4) is 0 Å². The van der Waals surface area contributed by atoms with Gasteiger partial charge in [-0.1, -0.05) is 13.3 Å². The summed E-state index contributed by atoms with van der Waals surface area (Å²) in [5, 5.41) is 11.3. The van der Waals surface area contributed by atoms with Gasteiger partial charge in [0.1, 0.15) is 23.7 Å². The van der Waals surface area contributed by atoms with Crippen LogP contribution < -0.4 is 0 Å². The Morgan fingerprint density at radius 3 is 2.64 bits per heavy atom. The molecule has 2 aliphatic heterocycles. The van der Waals surface area contributed by atoms with Gasteiger partial charge in [-0.25, -0.2) is 0 Å². The Morgan fingerprint density at radius 1 is 1.27 bits per heavy atom. The number of carbonyl (C=O) groups excluding carboxylic acids is 3. The molecule has 9 nitrogen and oxygen atoms in total. The first-order chi connectivity index (χ1) is 15.7. The summed E-state index contributed by atoms with van der Waals surface area (Å²) in [4.78, 5) is 37.8. The minimum absolute atomic E-state index is 0.180. The minimum atomic E-state index is -1.35. The van der Waals surface area contributed by atoms with Crippen LogP contribution in [0.3, 0.4) is 0 Å². The molecule has 2 aliphatic carbocycles. The van der Waals surface area contributed by atoms with Gasteiger partial charge in [-0.2, -0.15) is 0 Å². The van der Waals surface area contributed by atoms with Crippen LogP contribution in [-0.4, -0.2) is 54.0 Å². The molecule has 8 atom stereocenters. The molecule has 9 heteroatoms. The standard InChI is InChI=1S/C24H30O9/c1-13-19(27)20(28)24(12-30-14(2)25)18(5-4-7-22(24)11-31-22)23(13)9-17(16-6-8-29-10-16)33-21(23)32-15(3)26/h6,8,10,13,17-19,21,27H,4-5,7,9,11-12H2,1-3H3/t13-,17+,18-,19+,21+,22+,23-,24+/m1/s1. The number of ether oxygens (including phenoxy) is 4. The zero-order valence-corrected chi connectivity index (χ0v) is 19.1. The van der Waals surface area contributed by atoms with Gasteiger partial charge in [-0.3, -0.25) is 14.4 Å². The molecule has 2 saturated carbocycles. The average molecular weight is 462 g/mol. The fourth-order valence-electron chi connectivity index (χ4n) is 7.00. The molecule has 0 unspecified atom stereocenters. The Bertz CT molecular complexity index is 951. The lowest BCUT2D eigenvalue weighted by molar-refractivity contribution is -0.247. The molecule has 0 amide bonds. The molecule has 180 valence electrons. The summed E-state index contributed by atoms with van der Waals surface area (Å²) >= 11 is 0.